The predicted molar refractivity (Wildman–Crippen MR) is 87.6 cm³/mol. The number of urea groups is 1. The quantitative estimate of drug-likeness (QED) is 0.604. The van der Waals surface area contributed by atoms with Crippen LogP contribution in [0.15, 0.2) is 31.0 Å². The molecule has 0 aliphatic carbocycles. The van der Waals surface area contributed by atoms with Crippen molar-refractivity contribution < 1.29 is 14.7 Å². The number of hydrogen-bond acceptors (Lipinski definition) is 4. The molecule has 8 heteroatoms. The Morgan fingerprint density at radius 1 is 1.61 bits per heavy atom. The second-order valence-electron chi connectivity index (χ2n) is 5.94. The summed E-state index contributed by atoms with van der Waals surface area (Å²) >= 11 is 0. The lowest BCUT2D eigenvalue weighted by molar-refractivity contribution is -0.107. The maximum Gasteiger partial charge on any atom is 0.345 e. The summed E-state index contributed by atoms with van der Waals surface area (Å²) < 4.78 is 1.81. The summed E-state index contributed by atoms with van der Waals surface area (Å²) in [6, 6.07) is 1.73. The van der Waals surface area contributed by atoms with Crippen LogP contribution in [-0.2, 0) is 11.3 Å². The summed E-state index contributed by atoms with van der Waals surface area (Å²) in [7, 11) is 0. The average Bonchev–Trinajstić information content (AvgIpc) is 3.08. The Bertz CT molecular complexity index is 628. The van der Waals surface area contributed by atoms with Gasteiger partial charge in [-0.2, -0.15) is 10.2 Å². The highest BCUT2D eigenvalue weighted by Gasteiger charge is 2.41. The van der Waals surface area contributed by atoms with E-state index in [1.165, 1.54) is 5.06 Å². The largest absolute Gasteiger partial charge is 0.451 e. The van der Waals surface area contributed by atoms with Gasteiger partial charge in [0.2, 0.25) is 0 Å². The number of amides is 2. The van der Waals surface area contributed by atoms with Crippen molar-refractivity contribution in [2.45, 2.75) is 25.6 Å². The Morgan fingerprint density at radius 3 is 3.17 bits per heavy atom. The monoisotopic (exact) mass is 316 g/mol. The number of carbonyl (C=O) groups is 1. The SMILES string of the molecule is C=CCON1C(=O)N2CC(n3ccc(CCB(C)O)n3)=CC1C2. The van der Waals surface area contributed by atoms with Crippen molar-refractivity contribution in [1.82, 2.24) is 19.7 Å². The van der Waals surface area contributed by atoms with Crippen molar-refractivity contribution in [1.29, 1.82) is 0 Å². The topological polar surface area (TPSA) is 70.8 Å². The number of fused-ring (bicyclic) bond motifs is 2. The molecule has 2 amide bonds. The van der Waals surface area contributed by atoms with Gasteiger partial charge in [-0.05, 0) is 24.9 Å². The Hall–Kier alpha value is -2.06. The van der Waals surface area contributed by atoms with Crippen LogP contribution >= 0.6 is 0 Å². The summed E-state index contributed by atoms with van der Waals surface area (Å²) in [5.74, 6) is 0. The molecule has 0 aromatic carbocycles. The highest BCUT2D eigenvalue weighted by molar-refractivity contribution is 6.48. The zero-order chi connectivity index (χ0) is 16.4. The van der Waals surface area contributed by atoms with E-state index in [0.29, 0.717) is 26.0 Å². The van der Waals surface area contributed by atoms with E-state index in [-0.39, 0.29) is 19.0 Å². The van der Waals surface area contributed by atoms with E-state index >= 15 is 0 Å². The van der Waals surface area contributed by atoms with Gasteiger partial charge in [0, 0.05) is 12.7 Å². The van der Waals surface area contributed by atoms with Crippen LogP contribution in [0, 0.1) is 0 Å². The first kappa shape index (κ1) is 15.8. The third-order valence-electron chi connectivity index (χ3n) is 3.99. The van der Waals surface area contributed by atoms with E-state index in [2.05, 4.69) is 11.7 Å². The van der Waals surface area contributed by atoms with Gasteiger partial charge in [-0.15, -0.1) is 6.58 Å². The second-order valence-corrected chi connectivity index (χ2v) is 5.94. The van der Waals surface area contributed by atoms with Crippen LogP contribution < -0.4 is 0 Å². The lowest BCUT2D eigenvalue weighted by Crippen LogP contribution is -2.33. The van der Waals surface area contributed by atoms with E-state index in [1.54, 1.807) is 22.5 Å². The maximum atomic E-state index is 12.3. The van der Waals surface area contributed by atoms with E-state index < -0.39 is 0 Å². The molecule has 1 unspecified atom stereocenters. The molecule has 1 N–H and O–H groups in total. The van der Waals surface area contributed by atoms with Crippen LogP contribution in [0.3, 0.4) is 0 Å². The number of aryl methyl sites for hydroxylation is 1. The number of nitrogens with zero attached hydrogens (tertiary/aromatic N) is 4. The third kappa shape index (κ3) is 3.33. The Balaban J connectivity index is 1.72. The standard InChI is InChI=1S/C15H21BN4O3/c1-3-8-23-20-14-9-13(10-18(11-14)15(20)21)19-7-5-12(17-19)4-6-16(2)22/h3,5,7,9,14,22H,1,4,6,8,10-11H2,2H3. The summed E-state index contributed by atoms with van der Waals surface area (Å²) in [6.07, 6.45) is 6.97. The van der Waals surface area contributed by atoms with Crippen LogP contribution in [0.4, 0.5) is 4.79 Å². The first-order valence-electron chi connectivity index (χ1n) is 7.84. The molecule has 3 heterocycles. The van der Waals surface area contributed by atoms with Gasteiger partial charge in [-0.25, -0.2) is 9.48 Å². The smallest absolute Gasteiger partial charge is 0.345 e. The molecule has 2 bridgehead atoms. The number of aromatic nitrogens is 2. The van der Waals surface area contributed by atoms with Crippen molar-refractivity contribution in [3.63, 3.8) is 0 Å². The van der Waals surface area contributed by atoms with E-state index in [0.717, 1.165) is 17.8 Å². The number of hydroxylamine groups is 2. The molecule has 7 nitrogen and oxygen atoms in total. The van der Waals surface area contributed by atoms with Gasteiger partial charge in [0.05, 0.1) is 30.6 Å². The molecule has 1 aromatic heterocycles. The predicted octanol–water partition coefficient (Wildman–Crippen LogP) is 1.12. The molecule has 122 valence electrons. The van der Waals surface area contributed by atoms with Gasteiger partial charge in [-0.3, -0.25) is 4.84 Å². The lowest BCUT2D eigenvalue weighted by Gasteiger charge is -2.21. The molecule has 0 saturated carbocycles. The zero-order valence-electron chi connectivity index (χ0n) is 13.3. The molecule has 2 aliphatic rings. The first-order chi connectivity index (χ1) is 11.1. The molecular formula is C15H21BN4O3. The molecule has 1 fully saturated rings. The minimum Gasteiger partial charge on any atom is -0.451 e. The van der Waals surface area contributed by atoms with Gasteiger partial charge in [0.1, 0.15) is 0 Å². The van der Waals surface area contributed by atoms with Gasteiger partial charge >= 0.3 is 6.03 Å². The second kappa shape index (κ2) is 6.60. The normalized spacial score (nSPS) is 20.0. The summed E-state index contributed by atoms with van der Waals surface area (Å²) in [6.45, 7) is 6.51. The fourth-order valence-electron chi connectivity index (χ4n) is 2.83. The Labute approximate surface area is 135 Å². The molecule has 23 heavy (non-hydrogen) atoms. The van der Waals surface area contributed by atoms with Crippen LogP contribution in [0.5, 0.6) is 0 Å². The van der Waals surface area contributed by atoms with E-state index in [1.807, 2.05) is 18.3 Å². The van der Waals surface area contributed by atoms with Crippen molar-refractivity contribution in [3.05, 3.63) is 36.7 Å². The van der Waals surface area contributed by atoms with Gasteiger partial charge in [-0.1, -0.05) is 12.9 Å². The Kier molecular flexibility index (Phi) is 4.54. The fraction of sp³-hybridized carbons (Fsp3) is 0.467. The van der Waals surface area contributed by atoms with Gasteiger partial charge in [0.25, 0.3) is 6.92 Å². The highest BCUT2D eigenvalue weighted by atomic mass is 16.7. The van der Waals surface area contributed by atoms with E-state index in [9.17, 15) is 9.82 Å². The van der Waals surface area contributed by atoms with Crippen LogP contribution in [0.1, 0.15) is 5.69 Å². The van der Waals surface area contributed by atoms with Gasteiger partial charge in [0.15, 0.2) is 0 Å². The minimum absolute atomic E-state index is 0.101. The Morgan fingerprint density at radius 2 is 2.43 bits per heavy atom. The zero-order valence-corrected chi connectivity index (χ0v) is 13.3. The average molecular weight is 316 g/mol. The molecule has 0 spiro atoms. The van der Waals surface area contributed by atoms with Crippen molar-refractivity contribution in [2.75, 3.05) is 19.7 Å². The summed E-state index contributed by atoms with van der Waals surface area (Å²) in [5, 5.41) is 15.3. The number of hydrogen-bond donors (Lipinski definition) is 1. The molecule has 1 saturated heterocycles. The lowest BCUT2D eigenvalue weighted by atomic mass is 9.67. The number of rotatable bonds is 7. The molecule has 2 aliphatic heterocycles. The summed E-state index contributed by atoms with van der Waals surface area (Å²) in [4.78, 5) is 19.5. The maximum absolute atomic E-state index is 12.3. The van der Waals surface area contributed by atoms with Crippen LogP contribution in [0.25, 0.3) is 5.70 Å². The van der Waals surface area contributed by atoms with Gasteiger partial charge < -0.3 is 9.92 Å². The number of carbonyl (C=O) groups excluding carboxylic acids is 1. The van der Waals surface area contributed by atoms with Crippen molar-refractivity contribution in [2.24, 2.45) is 0 Å². The molecular weight excluding hydrogens is 295 g/mol. The molecule has 1 aromatic rings. The highest BCUT2D eigenvalue weighted by Crippen LogP contribution is 2.26. The summed E-state index contributed by atoms with van der Waals surface area (Å²) in [5.41, 5.74) is 1.90. The van der Waals surface area contributed by atoms with Crippen LogP contribution in [-0.4, -0.2) is 63.5 Å². The minimum atomic E-state index is -0.329. The molecule has 3 rings (SSSR count). The third-order valence-corrected chi connectivity index (χ3v) is 3.99. The van der Waals surface area contributed by atoms with Crippen molar-refractivity contribution >= 4 is 18.6 Å². The van der Waals surface area contributed by atoms with Crippen LogP contribution in [0.2, 0.25) is 13.1 Å². The fourth-order valence-corrected chi connectivity index (χ4v) is 2.83. The molecule has 0 radical (unpaired) electrons. The van der Waals surface area contributed by atoms with E-state index in [4.69, 9.17) is 4.84 Å². The molecule has 1 atom stereocenters. The first-order valence-corrected chi connectivity index (χ1v) is 7.84. The van der Waals surface area contributed by atoms with Crippen molar-refractivity contribution in [3.8, 4) is 0 Å².